The van der Waals surface area contributed by atoms with Crippen molar-refractivity contribution >= 4 is 26.8 Å². The fourth-order valence-corrected chi connectivity index (χ4v) is 6.46. The van der Waals surface area contributed by atoms with Crippen molar-refractivity contribution < 1.29 is 17.9 Å². The summed E-state index contributed by atoms with van der Waals surface area (Å²) in [5.41, 5.74) is 2.51. The van der Waals surface area contributed by atoms with E-state index in [2.05, 4.69) is 10.3 Å². The SMILES string of the molecule is O=C(NC1CCCCCCC1)c1cc(-c2ccncc2)nc2ccc(S(=O)(=O)N3CCOCC3)cc12. The van der Waals surface area contributed by atoms with Gasteiger partial charge in [-0.3, -0.25) is 9.78 Å². The van der Waals surface area contributed by atoms with Gasteiger partial charge < -0.3 is 10.1 Å². The second-order valence-electron chi connectivity index (χ2n) is 9.50. The second kappa shape index (κ2) is 11.0. The highest BCUT2D eigenvalue weighted by Crippen LogP contribution is 2.29. The summed E-state index contributed by atoms with van der Waals surface area (Å²) in [6.45, 7) is 1.38. The van der Waals surface area contributed by atoms with Crippen molar-refractivity contribution in [1.29, 1.82) is 0 Å². The molecule has 1 aliphatic heterocycles. The number of fused-ring (bicyclic) bond motifs is 1. The van der Waals surface area contributed by atoms with Crippen molar-refractivity contribution in [3.63, 3.8) is 0 Å². The number of pyridine rings is 2. The summed E-state index contributed by atoms with van der Waals surface area (Å²) >= 11 is 0. The molecule has 0 unspecified atom stereocenters. The van der Waals surface area contributed by atoms with Crippen molar-refractivity contribution in [3.8, 4) is 11.3 Å². The fraction of sp³-hybridized carbons (Fsp3) is 0.444. The van der Waals surface area contributed by atoms with Crippen LogP contribution in [0.2, 0.25) is 0 Å². The highest BCUT2D eigenvalue weighted by Gasteiger charge is 2.27. The zero-order valence-electron chi connectivity index (χ0n) is 20.4. The highest BCUT2D eigenvalue weighted by atomic mass is 32.2. The Hall–Kier alpha value is -2.88. The average Bonchev–Trinajstić information content (AvgIpc) is 2.90. The van der Waals surface area contributed by atoms with Crippen LogP contribution >= 0.6 is 0 Å². The molecule has 1 aliphatic carbocycles. The Morgan fingerprint density at radius 1 is 0.944 bits per heavy atom. The van der Waals surface area contributed by atoms with Gasteiger partial charge in [0.25, 0.3) is 5.91 Å². The molecule has 0 atom stereocenters. The number of sulfonamides is 1. The van der Waals surface area contributed by atoms with Crippen LogP contribution in [0.3, 0.4) is 0 Å². The average molecular weight is 509 g/mol. The Morgan fingerprint density at radius 3 is 2.36 bits per heavy atom. The molecule has 3 heterocycles. The summed E-state index contributed by atoms with van der Waals surface area (Å²) in [6.07, 6.45) is 11.1. The number of morpholine rings is 1. The molecule has 2 aromatic heterocycles. The summed E-state index contributed by atoms with van der Waals surface area (Å²) in [6, 6.07) is 10.4. The van der Waals surface area contributed by atoms with Crippen LogP contribution in [0.1, 0.15) is 55.3 Å². The first-order chi connectivity index (χ1) is 17.5. The number of hydrogen-bond acceptors (Lipinski definition) is 6. The van der Waals surface area contributed by atoms with Crippen molar-refractivity contribution in [1.82, 2.24) is 19.6 Å². The van der Waals surface area contributed by atoms with Gasteiger partial charge in [-0.25, -0.2) is 13.4 Å². The van der Waals surface area contributed by atoms with Crippen molar-refractivity contribution in [2.75, 3.05) is 26.3 Å². The lowest BCUT2D eigenvalue weighted by Crippen LogP contribution is -2.40. The van der Waals surface area contributed by atoms with Crippen molar-refractivity contribution in [3.05, 3.63) is 54.4 Å². The molecule has 190 valence electrons. The Bertz CT molecular complexity index is 1320. The lowest BCUT2D eigenvalue weighted by molar-refractivity contribution is 0.0730. The molecule has 0 radical (unpaired) electrons. The summed E-state index contributed by atoms with van der Waals surface area (Å²) in [4.78, 5) is 22.6. The quantitative estimate of drug-likeness (QED) is 0.555. The van der Waals surface area contributed by atoms with E-state index in [4.69, 9.17) is 9.72 Å². The van der Waals surface area contributed by atoms with E-state index in [-0.39, 0.29) is 16.8 Å². The van der Waals surface area contributed by atoms with Gasteiger partial charge in [-0.2, -0.15) is 4.31 Å². The molecule has 9 heteroatoms. The molecule has 1 aromatic carbocycles. The molecule has 2 aliphatic rings. The van der Waals surface area contributed by atoms with Crippen LogP contribution in [0.5, 0.6) is 0 Å². The second-order valence-corrected chi connectivity index (χ2v) is 11.4. The van der Waals surface area contributed by atoms with Gasteiger partial charge in [0.05, 0.1) is 34.9 Å². The number of nitrogens with one attached hydrogen (secondary N) is 1. The summed E-state index contributed by atoms with van der Waals surface area (Å²) < 4.78 is 33.4. The molecule has 36 heavy (non-hydrogen) atoms. The van der Waals surface area contributed by atoms with Crippen LogP contribution in [0.15, 0.2) is 53.7 Å². The van der Waals surface area contributed by atoms with E-state index in [0.717, 1.165) is 31.2 Å². The topological polar surface area (TPSA) is 101 Å². The van der Waals surface area contributed by atoms with Gasteiger partial charge in [-0.1, -0.05) is 32.1 Å². The summed E-state index contributed by atoms with van der Waals surface area (Å²) in [5, 5.41) is 3.77. The Balaban J connectivity index is 1.56. The van der Waals surface area contributed by atoms with Gasteiger partial charge >= 0.3 is 0 Å². The number of carbonyl (C=O) groups is 1. The number of rotatable bonds is 5. The van der Waals surface area contributed by atoms with Gasteiger partial charge in [0.15, 0.2) is 0 Å². The van der Waals surface area contributed by atoms with Crippen molar-refractivity contribution in [2.24, 2.45) is 0 Å². The van der Waals surface area contributed by atoms with E-state index in [0.29, 0.717) is 48.5 Å². The highest BCUT2D eigenvalue weighted by molar-refractivity contribution is 7.89. The van der Waals surface area contributed by atoms with Gasteiger partial charge in [-0.05, 0) is 49.2 Å². The zero-order valence-corrected chi connectivity index (χ0v) is 21.2. The van der Waals surface area contributed by atoms with Crippen molar-refractivity contribution in [2.45, 2.75) is 55.9 Å². The van der Waals surface area contributed by atoms with Gasteiger partial charge in [-0.15, -0.1) is 0 Å². The molecule has 2 fully saturated rings. The van der Waals surface area contributed by atoms with Gasteiger partial charge in [0.1, 0.15) is 0 Å². The predicted octanol–water partition coefficient (Wildman–Crippen LogP) is 4.16. The molecule has 5 rings (SSSR count). The number of ether oxygens (including phenoxy) is 1. The molecule has 3 aromatic rings. The third kappa shape index (κ3) is 5.43. The van der Waals surface area contributed by atoms with E-state index in [1.165, 1.54) is 23.6 Å². The van der Waals surface area contributed by atoms with Crippen LogP contribution in [0, 0.1) is 0 Å². The first-order valence-electron chi connectivity index (χ1n) is 12.8. The van der Waals surface area contributed by atoms with Crippen LogP contribution < -0.4 is 5.32 Å². The maximum Gasteiger partial charge on any atom is 0.252 e. The molecule has 8 nitrogen and oxygen atoms in total. The summed E-state index contributed by atoms with van der Waals surface area (Å²) in [5.74, 6) is -0.191. The van der Waals surface area contributed by atoms with Crippen LogP contribution in [-0.4, -0.2) is 60.9 Å². The first kappa shape index (κ1) is 24.8. The fourth-order valence-electron chi connectivity index (χ4n) is 5.02. The monoisotopic (exact) mass is 508 g/mol. The summed E-state index contributed by atoms with van der Waals surface area (Å²) in [7, 11) is -3.71. The van der Waals surface area contributed by atoms with E-state index in [1.54, 1.807) is 36.7 Å². The smallest absolute Gasteiger partial charge is 0.252 e. The normalized spacial score (nSPS) is 18.4. The maximum atomic E-state index is 13.6. The Labute approximate surface area is 212 Å². The minimum Gasteiger partial charge on any atom is -0.379 e. The zero-order chi connectivity index (χ0) is 25.0. The number of hydrogen-bond donors (Lipinski definition) is 1. The Morgan fingerprint density at radius 2 is 1.64 bits per heavy atom. The van der Waals surface area contributed by atoms with Crippen LogP contribution in [0.4, 0.5) is 0 Å². The minimum atomic E-state index is -3.71. The van der Waals surface area contributed by atoms with E-state index < -0.39 is 10.0 Å². The largest absolute Gasteiger partial charge is 0.379 e. The third-order valence-corrected chi connectivity index (χ3v) is 8.94. The lowest BCUT2D eigenvalue weighted by Gasteiger charge is -2.26. The first-order valence-corrected chi connectivity index (χ1v) is 14.2. The van der Waals surface area contributed by atoms with Crippen LogP contribution in [0.25, 0.3) is 22.2 Å². The van der Waals surface area contributed by atoms with E-state index in [9.17, 15) is 13.2 Å². The van der Waals surface area contributed by atoms with Gasteiger partial charge in [0, 0.05) is 42.5 Å². The molecule has 0 spiro atoms. The van der Waals surface area contributed by atoms with Crippen LogP contribution in [-0.2, 0) is 14.8 Å². The number of nitrogens with zero attached hydrogens (tertiary/aromatic N) is 3. The minimum absolute atomic E-state index is 0.116. The molecule has 0 bridgehead atoms. The lowest BCUT2D eigenvalue weighted by atomic mass is 9.96. The molecule has 1 N–H and O–H groups in total. The number of aromatic nitrogens is 2. The molecule has 1 saturated heterocycles. The van der Waals surface area contributed by atoms with E-state index in [1.807, 2.05) is 12.1 Å². The molecular formula is C27H32N4O4S. The molecule has 1 amide bonds. The maximum absolute atomic E-state index is 13.6. The third-order valence-electron chi connectivity index (χ3n) is 7.05. The standard InChI is InChI=1S/C27H32N4O4S/c32-27(29-21-6-4-2-1-3-5-7-21)24-19-26(20-10-12-28-13-11-20)30-25-9-8-22(18-23(24)25)36(33,34)31-14-16-35-17-15-31/h8-13,18-19,21H,1-7,14-17H2,(H,29,32). The predicted molar refractivity (Wildman–Crippen MR) is 138 cm³/mol. The number of benzene rings is 1. The molecular weight excluding hydrogens is 476 g/mol. The number of carbonyl (C=O) groups excluding carboxylic acids is 1. The molecule has 1 saturated carbocycles. The number of amides is 1. The van der Waals surface area contributed by atoms with E-state index >= 15 is 0 Å². The van der Waals surface area contributed by atoms with Gasteiger partial charge in [0.2, 0.25) is 10.0 Å². The Kier molecular flexibility index (Phi) is 7.59.